The number of anilines is 1. The molecule has 2 heterocycles. The summed E-state index contributed by atoms with van der Waals surface area (Å²) in [5.41, 5.74) is 0.344. The van der Waals surface area contributed by atoms with E-state index in [1.165, 1.54) is 25.0 Å². The predicted molar refractivity (Wildman–Crippen MR) is 133 cm³/mol. The summed E-state index contributed by atoms with van der Waals surface area (Å²) in [6.45, 7) is 10.5. The van der Waals surface area contributed by atoms with Crippen LogP contribution in [0.4, 0.5) is 14.5 Å². The molecule has 176 valence electrons. The second kappa shape index (κ2) is 13.4. The van der Waals surface area contributed by atoms with Crippen LogP contribution in [0.25, 0.3) is 0 Å². The number of hydrogen-bond donors (Lipinski definition) is 1. The number of benzene rings is 1. The smallest absolute Gasteiger partial charge is 0.194 e. The highest BCUT2D eigenvalue weighted by molar-refractivity contribution is 14.0. The van der Waals surface area contributed by atoms with Gasteiger partial charge in [0.15, 0.2) is 5.96 Å². The van der Waals surface area contributed by atoms with E-state index in [1.54, 1.807) is 7.11 Å². The number of nitrogens with one attached hydrogen (secondary N) is 1. The molecular weight excluding hydrogens is 515 g/mol. The van der Waals surface area contributed by atoms with E-state index < -0.39 is 5.82 Å². The number of piperidine rings is 1. The number of halogens is 3. The van der Waals surface area contributed by atoms with E-state index in [0.717, 1.165) is 64.4 Å². The van der Waals surface area contributed by atoms with Crippen molar-refractivity contribution in [2.45, 2.75) is 19.8 Å². The van der Waals surface area contributed by atoms with Crippen LogP contribution in [0, 0.1) is 17.6 Å². The van der Waals surface area contributed by atoms with Gasteiger partial charge in [-0.05, 0) is 50.9 Å². The van der Waals surface area contributed by atoms with Crippen LogP contribution in [0.1, 0.15) is 19.8 Å². The van der Waals surface area contributed by atoms with Crippen molar-refractivity contribution in [3.05, 3.63) is 29.8 Å². The molecule has 0 aromatic heterocycles. The molecule has 0 bridgehead atoms. The van der Waals surface area contributed by atoms with Gasteiger partial charge in [0.25, 0.3) is 0 Å². The first-order valence-electron chi connectivity index (χ1n) is 11.0. The molecule has 0 spiro atoms. The van der Waals surface area contributed by atoms with Crippen LogP contribution in [0.15, 0.2) is 23.2 Å². The number of ether oxygens (including phenoxy) is 1. The SMILES string of the molecule is CCNC(=NCC1CCN(CCOC)CC1)N1CCN(c2cc(F)ccc2F)CC1.I. The van der Waals surface area contributed by atoms with Gasteiger partial charge in [0.05, 0.1) is 12.3 Å². The Balaban J connectivity index is 0.00000341. The Morgan fingerprint density at radius 2 is 1.84 bits per heavy atom. The largest absolute Gasteiger partial charge is 0.383 e. The summed E-state index contributed by atoms with van der Waals surface area (Å²) in [5.74, 6) is 0.762. The minimum Gasteiger partial charge on any atom is -0.383 e. The Bertz CT molecular complexity index is 692. The number of piperazine rings is 1. The van der Waals surface area contributed by atoms with Gasteiger partial charge in [-0.1, -0.05) is 0 Å². The van der Waals surface area contributed by atoms with Crippen LogP contribution in [0.5, 0.6) is 0 Å². The standard InChI is InChI=1S/C22H35F2N5O.HI/c1-3-25-22(26-17-18-6-8-27(9-7-18)14-15-30-2)29-12-10-28(11-13-29)21-16-19(23)4-5-20(21)24;/h4-5,16,18H,3,6-15,17H2,1-2H3,(H,25,26);1H. The first kappa shape index (κ1) is 26.1. The lowest BCUT2D eigenvalue weighted by Crippen LogP contribution is -2.53. The van der Waals surface area contributed by atoms with Gasteiger partial charge in [0.2, 0.25) is 0 Å². The number of methoxy groups -OCH3 is 1. The summed E-state index contributed by atoms with van der Waals surface area (Å²) >= 11 is 0. The van der Waals surface area contributed by atoms with E-state index in [-0.39, 0.29) is 29.8 Å². The topological polar surface area (TPSA) is 43.3 Å². The van der Waals surface area contributed by atoms with Crippen LogP contribution < -0.4 is 10.2 Å². The first-order valence-corrected chi connectivity index (χ1v) is 11.0. The molecule has 0 saturated carbocycles. The highest BCUT2D eigenvalue weighted by Crippen LogP contribution is 2.22. The molecule has 6 nitrogen and oxygen atoms in total. The summed E-state index contributed by atoms with van der Waals surface area (Å²) in [5, 5.41) is 3.40. The molecule has 1 aromatic carbocycles. The van der Waals surface area contributed by atoms with Crippen molar-refractivity contribution in [1.29, 1.82) is 0 Å². The normalized spacial score (nSPS) is 18.8. The first-order chi connectivity index (χ1) is 14.6. The third kappa shape index (κ3) is 7.71. The van der Waals surface area contributed by atoms with Crippen LogP contribution >= 0.6 is 24.0 Å². The van der Waals surface area contributed by atoms with Gasteiger partial charge >= 0.3 is 0 Å². The number of aliphatic imine (C=N–C) groups is 1. The fourth-order valence-electron chi connectivity index (χ4n) is 4.14. The van der Waals surface area contributed by atoms with Crippen molar-refractivity contribution in [2.75, 3.05) is 77.5 Å². The average molecular weight is 551 g/mol. The summed E-state index contributed by atoms with van der Waals surface area (Å²) in [6.07, 6.45) is 2.33. The molecule has 2 aliphatic rings. The van der Waals surface area contributed by atoms with Gasteiger partial charge in [-0.3, -0.25) is 4.99 Å². The van der Waals surface area contributed by atoms with Crippen molar-refractivity contribution in [1.82, 2.24) is 15.1 Å². The third-order valence-electron chi connectivity index (χ3n) is 5.98. The zero-order chi connectivity index (χ0) is 21.3. The molecular formula is C22H36F2IN5O. The number of rotatable bonds is 7. The summed E-state index contributed by atoms with van der Waals surface area (Å²) in [6, 6.07) is 3.64. The van der Waals surface area contributed by atoms with Crippen molar-refractivity contribution < 1.29 is 13.5 Å². The molecule has 0 radical (unpaired) electrons. The molecule has 0 unspecified atom stereocenters. The van der Waals surface area contributed by atoms with Crippen molar-refractivity contribution in [3.63, 3.8) is 0 Å². The van der Waals surface area contributed by atoms with Crippen molar-refractivity contribution in [3.8, 4) is 0 Å². The maximum absolute atomic E-state index is 14.1. The van der Waals surface area contributed by atoms with Crippen molar-refractivity contribution >= 4 is 35.6 Å². The Hall–Kier alpha value is -1.20. The third-order valence-corrected chi connectivity index (χ3v) is 5.98. The number of likely N-dealkylation sites (tertiary alicyclic amines) is 1. The van der Waals surface area contributed by atoms with E-state index in [4.69, 9.17) is 9.73 Å². The Labute approximate surface area is 202 Å². The van der Waals surface area contributed by atoms with Gasteiger partial charge in [0.1, 0.15) is 11.6 Å². The molecule has 1 N–H and O–H groups in total. The van der Waals surface area contributed by atoms with Crippen LogP contribution in [0.2, 0.25) is 0 Å². The molecule has 9 heteroatoms. The lowest BCUT2D eigenvalue weighted by atomic mass is 9.97. The second-order valence-electron chi connectivity index (χ2n) is 8.04. The molecule has 2 aliphatic heterocycles. The molecule has 2 fully saturated rings. The van der Waals surface area contributed by atoms with Gasteiger partial charge in [-0.2, -0.15) is 0 Å². The fraction of sp³-hybridized carbons (Fsp3) is 0.682. The van der Waals surface area contributed by atoms with E-state index in [2.05, 4.69) is 22.0 Å². The number of guanidine groups is 1. The number of nitrogens with zero attached hydrogens (tertiary/aromatic N) is 4. The number of hydrogen-bond acceptors (Lipinski definition) is 4. The van der Waals surface area contributed by atoms with Crippen LogP contribution in [-0.2, 0) is 4.74 Å². The molecule has 3 rings (SSSR count). The zero-order valence-electron chi connectivity index (χ0n) is 18.7. The molecule has 2 saturated heterocycles. The summed E-state index contributed by atoms with van der Waals surface area (Å²) in [7, 11) is 1.75. The Morgan fingerprint density at radius 3 is 2.48 bits per heavy atom. The minimum atomic E-state index is -0.406. The van der Waals surface area contributed by atoms with E-state index >= 15 is 0 Å². The van der Waals surface area contributed by atoms with E-state index in [0.29, 0.717) is 24.7 Å². The lowest BCUT2D eigenvalue weighted by molar-refractivity contribution is 0.121. The molecule has 0 aliphatic carbocycles. The van der Waals surface area contributed by atoms with Gasteiger partial charge < -0.3 is 24.8 Å². The monoisotopic (exact) mass is 551 g/mol. The Kier molecular flexibility index (Phi) is 11.2. The van der Waals surface area contributed by atoms with E-state index in [1.807, 2.05) is 4.90 Å². The van der Waals surface area contributed by atoms with Crippen molar-refractivity contribution in [2.24, 2.45) is 10.9 Å². The zero-order valence-corrected chi connectivity index (χ0v) is 21.0. The fourth-order valence-corrected chi connectivity index (χ4v) is 4.14. The maximum Gasteiger partial charge on any atom is 0.194 e. The summed E-state index contributed by atoms with van der Waals surface area (Å²) < 4.78 is 32.8. The maximum atomic E-state index is 14.1. The molecule has 0 amide bonds. The predicted octanol–water partition coefficient (Wildman–Crippen LogP) is 3.03. The summed E-state index contributed by atoms with van der Waals surface area (Å²) in [4.78, 5) is 11.5. The molecule has 31 heavy (non-hydrogen) atoms. The van der Waals surface area contributed by atoms with Gasteiger partial charge in [-0.25, -0.2) is 8.78 Å². The Morgan fingerprint density at radius 1 is 1.13 bits per heavy atom. The highest BCUT2D eigenvalue weighted by Gasteiger charge is 2.23. The minimum absolute atomic E-state index is 0. The highest BCUT2D eigenvalue weighted by atomic mass is 127. The van der Waals surface area contributed by atoms with Gasteiger partial charge in [-0.15, -0.1) is 24.0 Å². The average Bonchev–Trinajstić information content (AvgIpc) is 2.78. The molecule has 1 aromatic rings. The van der Waals surface area contributed by atoms with Crippen LogP contribution in [-0.4, -0.2) is 88.4 Å². The quantitative estimate of drug-likeness (QED) is 0.321. The molecule has 0 atom stereocenters. The second-order valence-corrected chi connectivity index (χ2v) is 8.04. The van der Waals surface area contributed by atoms with Crippen LogP contribution in [0.3, 0.4) is 0 Å². The lowest BCUT2D eigenvalue weighted by Gasteiger charge is -2.38. The van der Waals surface area contributed by atoms with Gasteiger partial charge in [0, 0.05) is 59.0 Å². The van der Waals surface area contributed by atoms with E-state index in [9.17, 15) is 8.78 Å².